The topological polar surface area (TPSA) is 20.2 Å². The summed E-state index contributed by atoms with van der Waals surface area (Å²) in [4.78, 5) is 0. The normalized spacial score (nSPS) is 12.5. The Morgan fingerprint density at radius 2 is 1.79 bits per heavy atom. The van der Waals surface area contributed by atoms with Crippen molar-refractivity contribution in [3.8, 4) is 0 Å². The Morgan fingerprint density at radius 3 is 2.42 bits per heavy atom. The van der Waals surface area contributed by atoms with E-state index >= 15 is 0 Å². The molecule has 19 heavy (non-hydrogen) atoms. The fourth-order valence-electron chi connectivity index (χ4n) is 1.88. The zero-order chi connectivity index (χ0) is 14.0. The molecule has 2 rings (SSSR count). The number of aryl methyl sites for hydroxylation is 1. The van der Waals surface area contributed by atoms with Crippen LogP contribution >= 0.6 is 11.6 Å². The standard InChI is InChI=1S/C15H13ClF2O/c1-9-6-11(3-5-13(9)17)15(19)8-10-2-4-14(18)12(16)7-10/h2-7,15,19H,8H2,1H3. The molecule has 2 aromatic rings. The molecule has 0 aliphatic rings. The predicted molar refractivity (Wildman–Crippen MR) is 71.2 cm³/mol. The van der Waals surface area contributed by atoms with Crippen molar-refractivity contribution in [1.29, 1.82) is 0 Å². The van der Waals surface area contributed by atoms with Gasteiger partial charge in [-0.05, 0) is 41.8 Å². The fourth-order valence-corrected chi connectivity index (χ4v) is 2.09. The van der Waals surface area contributed by atoms with Gasteiger partial charge in [-0.15, -0.1) is 0 Å². The van der Waals surface area contributed by atoms with Crippen LogP contribution in [0.3, 0.4) is 0 Å². The second kappa shape index (κ2) is 5.68. The molecule has 1 unspecified atom stereocenters. The van der Waals surface area contributed by atoms with Crippen molar-refractivity contribution in [1.82, 2.24) is 0 Å². The Kier molecular flexibility index (Phi) is 4.17. The quantitative estimate of drug-likeness (QED) is 0.894. The minimum atomic E-state index is -0.777. The molecule has 0 radical (unpaired) electrons. The number of hydrogen-bond donors (Lipinski definition) is 1. The van der Waals surface area contributed by atoms with Crippen LogP contribution in [0.2, 0.25) is 5.02 Å². The van der Waals surface area contributed by atoms with E-state index in [1.807, 2.05) is 0 Å². The first-order chi connectivity index (χ1) is 8.97. The van der Waals surface area contributed by atoms with Gasteiger partial charge in [0, 0.05) is 6.42 Å². The average Bonchev–Trinajstić information content (AvgIpc) is 2.37. The molecule has 0 spiro atoms. The molecule has 0 amide bonds. The van der Waals surface area contributed by atoms with Crippen LogP contribution in [-0.4, -0.2) is 5.11 Å². The van der Waals surface area contributed by atoms with Crippen molar-refractivity contribution in [2.45, 2.75) is 19.4 Å². The lowest BCUT2D eigenvalue weighted by Gasteiger charge is -2.12. The lowest BCUT2D eigenvalue weighted by Crippen LogP contribution is -2.03. The van der Waals surface area contributed by atoms with Crippen molar-refractivity contribution < 1.29 is 13.9 Å². The average molecular weight is 283 g/mol. The van der Waals surface area contributed by atoms with Crippen molar-refractivity contribution in [3.63, 3.8) is 0 Å². The molecule has 100 valence electrons. The number of benzene rings is 2. The van der Waals surface area contributed by atoms with Crippen molar-refractivity contribution >= 4 is 11.6 Å². The van der Waals surface area contributed by atoms with Gasteiger partial charge in [-0.1, -0.05) is 29.8 Å². The Bertz CT molecular complexity index is 599. The van der Waals surface area contributed by atoms with E-state index in [9.17, 15) is 13.9 Å². The number of hydrogen-bond acceptors (Lipinski definition) is 1. The van der Waals surface area contributed by atoms with E-state index in [0.29, 0.717) is 17.5 Å². The number of rotatable bonds is 3. The Morgan fingerprint density at radius 1 is 1.11 bits per heavy atom. The zero-order valence-corrected chi connectivity index (χ0v) is 11.1. The van der Waals surface area contributed by atoms with Gasteiger partial charge in [-0.2, -0.15) is 0 Å². The van der Waals surface area contributed by atoms with E-state index in [2.05, 4.69) is 0 Å². The summed E-state index contributed by atoms with van der Waals surface area (Å²) in [5.41, 5.74) is 1.83. The smallest absolute Gasteiger partial charge is 0.141 e. The van der Waals surface area contributed by atoms with Crippen LogP contribution in [0.1, 0.15) is 22.8 Å². The van der Waals surface area contributed by atoms with Gasteiger partial charge in [0.05, 0.1) is 11.1 Å². The maximum Gasteiger partial charge on any atom is 0.141 e. The van der Waals surface area contributed by atoms with Crippen LogP contribution in [-0.2, 0) is 6.42 Å². The highest BCUT2D eigenvalue weighted by Crippen LogP contribution is 2.23. The van der Waals surface area contributed by atoms with E-state index in [4.69, 9.17) is 11.6 Å². The zero-order valence-electron chi connectivity index (χ0n) is 10.3. The summed E-state index contributed by atoms with van der Waals surface area (Å²) >= 11 is 5.68. The van der Waals surface area contributed by atoms with Crippen LogP contribution < -0.4 is 0 Å². The summed E-state index contributed by atoms with van der Waals surface area (Å²) in [6.07, 6.45) is -0.480. The fraction of sp³-hybridized carbons (Fsp3) is 0.200. The molecular weight excluding hydrogens is 270 g/mol. The molecule has 0 heterocycles. The Hall–Kier alpha value is -1.45. The summed E-state index contributed by atoms with van der Waals surface area (Å²) in [5.74, 6) is -0.793. The van der Waals surface area contributed by atoms with Gasteiger partial charge in [0.15, 0.2) is 0 Å². The lowest BCUT2D eigenvalue weighted by molar-refractivity contribution is 0.178. The number of aliphatic hydroxyl groups excluding tert-OH is 1. The molecule has 4 heteroatoms. The highest BCUT2D eigenvalue weighted by atomic mass is 35.5. The largest absolute Gasteiger partial charge is 0.388 e. The minimum absolute atomic E-state index is 0.0278. The molecule has 0 saturated carbocycles. The molecule has 0 saturated heterocycles. The number of halogens is 3. The second-order valence-electron chi connectivity index (χ2n) is 4.48. The molecule has 0 aliphatic carbocycles. The van der Waals surface area contributed by atoms with E-state index in [0.717, 1.165) is 5.56 Å². The highest BCUT2D eigenvalue weighted by molar-refractivity contribution is 6.30. The van der Waals surface area contributed by atoms with E-state index in [1.165, 1.54) is 24.3 Å². The summed E-state index contributed by atoms with van der Waals surface area (Å²) < 4.78 is 26.2. The highest BCUT2D eigenvalue weighted by Gasteiger charge is 2.11. The third kappa shape index (κ3) is 3.31. The first kappa shape index (κ1) is 14.0. The summed E-state index contributed by atoms with van der Waals surface area (Å²) in [5, 5.41) is 10.1. The summed E-state index contributed by atoms with van der Waals surface area (Å²) in [7, 11) is 0. The third-order valence-corrected chi connectivity index (χ3v) is 3.27. The van der Waals surface area contributed by atoms with Gasteiger partial charge >= 0.3 is 0 Å². The van der Waals surface area contributed by atoms with Crippen molar-refractivity contribution in [2.75, 3.05) is 0 Å². The molecule has 0 bridgehead atoms. The number of aliphatic hydroxyl groups is 1. The van der Waals surface area contributed by atoms with Gasteiger partial charge in [-0.3, -0.25) is 0 Å². The second-order valence-corrected chi connectivity index (χ2v) is 4.88. The predicted octanol–water partition coefficient (Wildman–Crippen LogP) is 4.20. The lowest BCUT2D eigenvalue weighted by atomic mass is 10.00. The van der Waals surface area contributed by atoms with Crippen LogP contribution in [0, 0.1) is 18.6 Å². The third-order valence-electron chi connectivity index (χ3n) is 2.98. The molecular formula is C15H13ClF2O. The molecule has 1 N–H and O–H groups in total. The van der Waals surface area contributed by atoms with Crippen LogP contribution in [0.5, 0.6) is 0 Å². The van der Waals surface area contributed by atoms with Gasteiger partial charge in [0.25, 0.3) is 0 Å². The van der Waals surface area contributed by atoms with Crippen LogP contribution in [0.4, 0.5) is 8.78 Å². The monoisotopic (exact) mass is 282 g/mol. The molecule has 0 fully saturated rings. The van der Waals surface area contributed by atoms with Gasteiger partial charge in [-0.25, -0.2) is 8.78 Å². The summed E-state index contributed by atoms with van der Waals surface area (Å²) in [6, 6.07) is 8.78. The maximum atomic E-state index is 13.1. The van der Waals surface area contributed by atoms with Gasteiger partial charge < -0.3 is 5.11 Å². The molecule has 1 nitrogen and oxygen atoms in total. The van der Waals surface area contributed by atoms with Gasteiger partial charge in [0.1, 0.15) is 11.6 Å². The summed E-state index contributed by atoms with van der Waals surface area (Å²) in [6.45, 7) is 1.64. The van der Waals surface area contributed by atoms with Crippen LogP contribution in [0.25, 0.3) is 0 Å². The van der Waals surface area contributed by atoms with Crippen LogP contribution in [0.15, 0.2) is 36.4 Å². The molecule has 0 aliphatic heterocycles. The van der Waals surface area contributed by atoms with Crippen molar-refractivity contribution in [3.05, 3.63) is 69.7 Å². The molecule has 2 aromatic carbocycles. The van der Waals surface area contributed by atoms with E-state index in [1.54, 1.807) is 19.1 Å². The Balaban J connectivity index is 2.17. The van der Waals surface area contributed by atoms with Crippen molar-refractivity contribution in [2.24, 2.45) is 0 Å². The SMILES string of the molecule is Cc1cc(C(O)Cc2ccc(F)c(Cl)c2)ccc1F. The molecule has 1 atom stereocenters. The Labute approximate surface area is 115 Å². The molecule has 0 aromatic heterocycles. The minimum Gasteiger partial charge on any atom is -0.388 e. The van der Waals surface area contributed by atoms with E-state index in [-0.39, 0.29) is 10.8 Å². The maximum absolute atomic E-state index is 13.1. The van der Waals surface area contributed by atoms with Gasteiger partial charge in [0.2, 0.25) is 0 Å². The van der Waals surface area contributed by atoms with E-state index < -0.39 is 11.9 Å². The first-order valence-electron chi connectivity index (χ1n) is 5.85. The first-order valence-corrected chi connectivity index (χ1v) is 6.23.